The highest BCUT2D eigenvalue weighted by Crippen LogP contribution is 2.25. The highest BCUT2D eigenvalue weighted by Gasteiger charge is 2.18. The van der Waals surface area contributed by atoms with E-state index in [1.54, 1.807) is 0 Å². The molecule has 0 saturated carbocycles. The van der Waals surface area contributed by atoms with Gasteiger partial charge in [0.2, 0.25) is 0 Å². The van der Waals surface area contributed by atoms with E-state index < -0.39 is 0 Å². The first-order chi connectivity index (χ1) is 13.2. The van der Waals surface area contributed by atoms with Gasteiger partial charge in [-0.15, -0.1) is 0 Å². The summed E-state index contributed by atoms with van der Waals surface area (Å²) in [6, 6.07) is 19.6. The molecule has 1 saturated heterocycles. The number of ether oxygens (including phenoxy) is 1. The van der Waals surface area contributed by atoms with Crippen molar-refractivity contribution in [2.75, 3.05) is 26.3 Å². The normalized spacial score (nSPS) is 15.2. The molecule has 1 aromatic heterocycles. The summed E-state index contributed by atoms with van der Waals surface area (Å²) in [6.45, 7) is 6.62. The van der Waals surface area contributed by atoms with Crippen LogP contribution in [0.15, 0.2) is 60.7 Å². The minimum absolute atomic E-state index is 0.207. The first kappa shape index (κ1) is 18.0. The van der Waals surface area contributed by atoms with Crippen molar-refractivity contribution in [3.8, 4) is 5.69 Å². The fraction of sp³-hybridized carbons (Fsp3) is 0.304. The maximum atomic E-state index is 13.4. The number of morpholine rings is 1. The smallest absolute Gasteiger partial charge is 0.123 e. The Kier molecular flexibility index (Phi) is 5.37. The standard InChI is InChI=1S/C23H25FN2O/c1-18-20(17-25-11-13-27-14-12-25)16-23(15-19-5-3-2-4-6-19)26(18)22-9-7-21(24)8-10-22/h2-10,16H,11-15,17H2,1H3. The molecule has 1 aliphatic heterocycles. The zero-order valence-corrected chi connectivity index (χ0v) is 15.7. The van der Waals surface area contributed by atoms with E-state index in [1.807, 2.05) is 18.2 Å². The SMILES string of the molecule is Cc1c(CN2CCOCC2)cc(Cc2ccccc2)n1-c1ccc(F)cc1. The van der Waals surface area contributed by atoms with Gasteiger partial charge in [-0.05, 0) is 48.4 Å². The molecule has 0 unspecified atom stereocenters. The van der Waals surface area contributed by atoms with E-state index in [-0.39, 0.29) is 5.82 Å². The Morgan fingerprint density at radius 1 is 0.963 bits per heavy atom. The van der Waals surface area contributed by atoms with Gasteiger partial charge in [0.15, 0.2) is 0 Å². The molecule has 4 heteroatoms. The monoisotopic (exact) mass is 364 g/mol. The van der Waals surface area contributed by atoms with Crippen LogP contribution >= 0.6 is 0 Å². The van der Waals surface area contributed by atoms with Crippen LogP contribution in [0.2, 0.25) is 0 Å². The predicted octanol–water partition coefficient (Wildman–Crippen LogP) is 4.35. The summed E-state index contributed by atoms with van der Waals surface area (Å²) in [5, 5.41) is 0. The van der Waals surface area contributed by atoms with Crippen molar-refractivity contribution in [2.24, 2.45) is 0 Å². The van der Waals surface area contributed by atoms with Gasteiger partial charge in [0.05, 0.1) is 13.2 Å². The maximum absolute atomic E-state index is 13.4. The molecule has 1 aliphatic rings. The van der Waals surface area contributed by atoms with Crippen LogP contribution in [0.4, 0.5) is 4.39 Å². The fourth-order valence-corrected chi connectivity index (χ4v) is 3.77. The third kappa shape index (κ3) is 4.12. The van der Waals surface area contributed by atoms with Crippen LogP contribution in [-0.2, 0) is 17.7 Å². The lowest BCUT2D eigenvalue weighted by Crippen LogP contribution is -2.35. The van der Waals surface area contributed by atoms with E-state index in [1.165, 1.54) is 34.6 Å². The van der Waals surface area contributed by atoms with Gasteiger partial charge in [-0.25, -0.2) is 4.39 Å². The van der Waals surface area contributed by atoms with Gasteiger partial charge >= 0.3 is 0 Å². The highest BCUT2D eigenvalue weighted by molar-refractivity contribution is 5.43. The lowest BCUT2D eigenvalue weighted by Gasteiger charge is -2.26. The second-order valence-corrected chi connectivity index (χ2v) is 7.11. The summed E-state index contributed by atoms with van der Waals surface area (Å²) >= 11 is 0. The van der Waals surface area contributed by atoms with Gasteiger partial charge in [-0.3, -0.25) is 4.90 Å². The van der Waals surface area contributed by atoms with Gasteiger partial charge in [-0.2, -0.15) is 0 Å². The summed E-state index contributed by atoms with van der Waals surface area (Å²) < 4.78 is 21.2. The number of halogens is 1. The van der Waals surface area contributed by atoms with Crippen molar-refractivity contribution in [1.82, 2.24) is 9.47 Å². The molecule has 2 aromatic carbocycles. The fourth-order valence-electron chi connectivity index (χ4n) is 3.77. The minimum Gasteiger partial charge on any atom is -0.379 e. The van der Waals surface area contributed by atoms with Gasteiger partial charge in [-0.1, -0.05) is 30.3 Å². The first-order valence-electron chi connectivity index (χ1n) is 9.51. The van der Waals surface area contributed by atoms with E-state index >= 15 is 0 Å². The summed E-state index contributed by atoms with van der Waals surface area (Å²) in [5.41, 5.74) is 6.06. The predicted molar refractivity (Wildman–Crippen MR) is 106 cm³/mol. The largest absolute Gasteiger partial charge is 0.379 e. The van der Waals surface area contributed by atoms with Crippen molar-refractivity contribution in [2.45, 2.75) is 19.9 Å². The topological polar surface area (TPSA) is 17.4 Å². The Morgan fingerprint density at radius 2 is 1.67 bits per heavy atom. The molecular formula is C23H25FN2O. The summed E-state index contributed by atoms with van der Waals surface area (Å²) in [6.07, 6.45) is 0.849. The highest BCUT2D eigenvalue weighted by atomic mass is 19.1. The summed E-state index contributed by atoms with van der Waals surface area (Å²) in [5.74, 6) is -0.207. The molecule has 0 bridgehead atoms. The van der Waals surface area contributed by atoms with Crippen molar-refractivity contribution < 1.29 is 9.13 Å². The van der Waals surface area contributed by atoms with Crippen molar-refractivity contribution in [1.29, 1.82) is 0 Å². The third-order valence-corrected chi connectivity index (χ3v) is 5.24. The number of hydrogen-bond acceptors (Lipinski definition) is 2. The molecule has 0 aliphatic carbocycles. The molecule has 0 N–H and O–H groups in total. The van der Waals surface area contributed by atoms with Crippen molar-refractivity contribution in [3.05, 3.63) is 89.0 Å². The molecule has 2 heterocycles. The van der Waals surface area contributed by atoms with Gasteiger partial charge in [0, 0.05) is 43.1 Å². The Hall–Kier alpha value is -2.43. The number of benzene rings is 2. The van der Waals surface area contributed by atoms with Crippen LogP contribution in [0.3, 0.4) is 0 Å². The third-order valence-electron chi connectivity index (χ3n) is 5.24. The molecule has 0 radical (unpaired) electrons. The van der Waals surface area contributed by atoms with Gasteiger partial charge in [0.1, 0.15) is 5.82 Å². The molecule has 27 heavy (non-hydrogen) atoms. The van der Waals surface area contributed by atoms with E-state index in [0.29, 0.717) is 0 Å². The van der Waals surface area contributed by atoms with E-state index in [9.17, 15) is 4.39 Å². The number of rotatable bonds is 5. The second-order valence-electron chi connectivity index (χ2n) is 7.11. The molecule has 4 rings (SSSR count). The van der Waals surface area contributed by atoms with Crippen molar-refractivity contribution in [3.63, 3.8) is 0 Å². The minimum atomic E-state index is -0.207. The van der Waals surface area contributed by atoms with Crippen LogP contribution in [0.25, 0.3) is 5.69 Å². The maximum Gasteiger partial charge on any atom is 0.123 e. The van der Waals surface area contributed by atoms with E-state index in [0.717, 1.165) is 45.0 Å². The van der Waals surface area contributed by atoms with Crippen LogP contribution in [0.5, 0.6) is 0 Å². The average molecular weight is 364 g/mol. The summed E-state index contributed by atoms with van der Waals surface area (Å²) in [4.78, 5) is 2.44. The van der Waals surface area contributed by atoms with E-state index in [4.69, 9.17) is 4.74 Å². The molecule has 0 atom stereocenters. The van der Waals surface area contributed by atoms with Crippen LogP contribution in [0, 0.1) is 12.7 Å². The number of hydrogen-bond donors (Lipinski definition) is 0. The average Bonchev–Trinajstić information content (AvgIpc) is 2.99. The number of aromatic nitrogens is 1. The Labute approximate surface area is 160 Å². The molecule has 3 nitrogen and oxygen atoms in total. The molecule has 0 spiro atoms. The number of nitrogens with zero attached hydrogens (tertiary/aromatic N) is 2. The lowest BCUT2D eigenvalue weighted by molar-refractivity contribution is 0.0341. The first-order valence-corrected chi connectivity index (χ1v) is 9.51. The molecule has 140 valence electrons. The Balaban J connectivity index is 1.70. The van der Waals surface area contributed by atoms with Crippen molar-refractivity contribution >= 4 is 0 Å². The molecule has 0 amide bonds. The van der Waals surface area contributed by atoms with Crippen LogP contribution < -0.4 is 0 Å². The van der Waals surface area contributed by atoms with Gasteiger partial charge < -0.3 is 9.30 Å². The summed E-state index contributed by atoms with van der Waals surface area (Å²) in [7, 11) is 0. The Bertz CT molecular complexity index is 881. The quantitative estimate of drug-likeness (QED) is 0.670. The molecule has 1 fully saturated rings. The zero-order valence-electron chi connectivity index (χ0n) is 15.7. The van der Waals surface area contributed by atoms with E-state index in [2.05, 4.69) is 46.7 Å². The van der Waals surface area contributed by atoms with Crippen LogP contribution in [-0.4, -0.2) is 35.8 Å². The van der Waals surface area contributed by atoms with Crippen LogP contribution in [0.1, 0.15) is 22.5 Å². The Morgan fingerprint density at radius 3 is 2.37 bits per heavy atom. The molecular weight excluding hydrogens is 339 g/mol. The molecule has 3 aromatic rings. The zero-order chi connectivity index (χ0) is 18.6. The van der Waals surface area contributed by atoms with Gasteiger partial charge in [0.25, 0.3) is 0 Å². The second kappa shape index (κ2) is 8.07. The lowest BCUT2D eigenvalue weighted by atomic mass is 10.1.